The monoisotopic (exact) mass is 302 g/mol. The van der Waals surface area contributed by atoms with Gasteiger partial charge in [0.05, 0.1) is 16.4 Å². The van der Waals surface area contributed by atoms with Crippen LogP contribution in [0.4, 0.5) is 16.2 Å². The molecule has 3 rings (SSSR count). The van der Waals surface area contributed by atoms with Crippen molar-refractivity contribution in [3.05, 3.63) is 59.1 Å². The van der Waals surface area contributed by atoms with E-state index in [9.17, 15) is 4.79 Å². The van der Waals surface area contributed by atoms with Crippen LogP contribution in [0.5, 0.6) is 0 Å². The smallest absolute Gasteiger partial charge is 0.414 e. The number of anilines is 2. The molecule has 1 aliphatic rings. The van der Waals surface area contributed by atoms with Crippen molar-refractivity contribution < 1.29 is 9.53 Å². The summed E-state index contributed by atoms with van der Waals surface area (Å²) in [6, 6.07) is 15.3. The van der Waals surface area contributed by atoms with Crippen LogP contribution in [-0.2, 0) is 11.3 Å². The summed E-state index contributed by atoms with van der Waals surface area (Å²) in [5.74, 6) is 0. The number of ether oxygens (including phenoxy) is 1. The van der Waals surface area contributed by atoms with Gasteiger partial charge < -0.3 is 10.1 Å². The third-order valence-corrected chi connectivity index (χ3v) is 3.71. The Balaban J connectivity index is 1.68. The summed E-state index contributed by atoms with van der Waals surface area (Å²) < 4.78 is 5.18. The quantitative estimate of drug-likeness (QED) is 0.931. The first-order valence-corrected chi connectivity index (χ1v) is 7.14. The van der Waals surface area contributed by atoms with E-state index in [1.807, 2.05) is 48.5 Å². The first-order valence-electron chi connectivity index (χ1n) is 6.76. The molecule has 0 saturated carbocycles. The highest BCUT2D eigenvalue weighted by atomic mass is 35.5. The third kappa shape index (κ3) is 2.95. The standard InChI is InChI=1S/C16H15ClN2O2/c17-13-6-2-3-7-14(13)18-9-10-19-15-8-4-1-5-12(15)11-21-16(19)20/h1-8,18H,9-11H2. The molecule has 5 heteroatoms. The van der Waals surface area contributed by atoms with Gasteiger partial charge in [-0.3, -0.25) is 4.90 Å². The molecule has 0 unspecified atom stereocenters. The van der Waals surface area contributed by atoms with E-state index in [4.69, 9.17) is 16.3 Å². The first-order chi connectivity index (χ1) is 10.3. The fourth-order valence-corrected chi connectivity index (χ4v) is 2.53. The number of amides is 1. The van der Waals surface area contributed by atoms with Gasteiger partial charge in [-0.15, -0.1) is 0 Å². The molecule has 0 spiro atoms. The molecule has 0 bridgehead atoms. The molecule has 1 heterocycles. The van der Waals surface area contributed by atoms with Crippen LogP contribution in [0.15, 0.2) is 48.5 Å². The summed E-state index contributed by atoms with van der Waals surface area (Å²) in [5, 5.41) is 3.90. The number of halogens is 1. The Labute approximate surface area is 128 Å². The minimum atomic E-state index is -0.311. The highest BCUT2D eigenvalue weighted by Crippen LogP contribution is 2.26. The number of rotatable bonds is 4. The summed E-state index contributed by atoms with van der Waals surface area (Å²) in [5.41, 5.74) is 2.79. The van der Waals surface area contributed by atoms with Crippen molar-refractivity contribution in [1.29, 1.82) is 0 Å². The van der Waals surface area contributed by atoms with Crippen molar-refractivity contribution >= 4 is 29.1 Å². The number of nitrogens with one attached hydrogen (secondary N) is 1. The van der Waals surface area contributed by atoms with Gasteiger partial charge in [0.2, 0.25) is 0 Å². The summed E-state index contributed by atoms with van der Waals surface area (Å²) in [6.45, 7) is 1.44. The zero-order valence-corrected chi connectivity index (χ0v) is 12.1. The second-order valence-corrected chi connectivity index (χ2v) is 5.15. The van der Waals surface area contributed by atoms with Crippen LogP contribution in [0.25, 0.3) is 0 Å². The average molecular weight is 303 g/mol. The van der Waals surface area contributed by atoms with Crippen LogP contribution in [0.2, 0.25) is 5.02 Å². The van der Waals surface area contributed by atoms with E-state index in [0.717, 1.165) is 16.9 Å². The van der Waals surface area contributed by atoms with Crippen LogP contribution in [0.1, 0.15) is 5.56 Å². The number of benzene rings is 2. The number of fused-ring (bicyclic) bond motifs is 1. The van der Waals surface area contributed by atoms with Crippen molar-refractivity contribution in [3.8, 4) is 0 Å². The SMILES string of the molecule is O=C1OCc2ccccc2N1CCNc1ccccc1Cl. The van der Waals surface area contributed by atoms with Gasteiger partial charge in [0.25, 0.3) is 0 Å². The molecule has 1 amide bonds. The largest absolute Gasteiger partial charge is 0.444 e. The molecular weight excluding hydrogens is 288 g/mol. The fraction of sp³-hybridized carbons (Fsp3) is 0.188. The molecule has 1 aliphatic heterocycles. The van der Waals surface area contributed by atoms with Crippen molar-refractivity contribution in [2.45, 2.75) is 6.61 Å². The number of hydrogen-bond acceptors (Lipinski definition) is 3. The molecule has 2 aromatic carbocycles. The molecule has 21 heavy (non-hydrogen) atoms. The molecule has 0 fully saturated rings. The molecule has 0 aromatic heterocycles. The Morgan fingerprint density at radius 2 is 1.90 bits per heavy atom. The number of carbonyl (C=O) groups excluding carboxylic acids is 1. The molecule has 4 nitrogen and oxygen atoms in total. The number of hydrogen-bond donors (Lipinski definition) is 1. The summed E-state index contributed by atoms with van der Waals surface area (Å²) in [4.78, 5) is 13.6. The lowest BCUT2D eigenvalue weighted by atomic mass is 10.1. The Hall–Kier alpha value is -2.20. The molecule has 0 saturated heterocycles. The van der Waals surface area contributed by atoms with E-state index in [1.165, 1.54) is 0 Å². The zero-order valence-electron chi connectivity index (χ0n) is 11.4. The molecular formula is C16H15ClN2O2. The van der Waals surface area contributed by atoms with E-state index in [1.54, 1.807) is 4.90 Å². The van der Waals surface area contributed by atoms with Gasteiger partial charge >= 0.3 is 6.09 Å². The predicted molar refractivity (Wildman–Crippen MR) is 83.9 cm³/mol. The lowest BCUT2D eigenvalue weighted by molar-refractivity contribution is 0.142. The summed E-state index contributed by atoms with van der Waals surface area (Å²) in [7, 11) is 0. The Morgan fingerprint density at radius 3 is 2.76 bits per heavy atom. The average Bonchev–Trinajstić information content (AvgIpc) is 2.51. The number of para-hydroxylation sites is 2. The number of carbonyl (C=O) groups is 1. The van der Waals surface area contributed by atoms with Gasteiger partial charge in [-0.05, 0) is 18.2 Å². The topological polar surface area (TPSA) is 41.6 Å². The van der Waals surface area contributed by atoms with Crippen LogP contribution < -0.4 is 10.2 Å². The highest BCUT2D eigenvalue weighted by Gasteiger charge is 2.24. The van der Waals surface area contributed by atoms with E-state index in [-0.39, 0.29) is 6.09 Å². The van der Waals surface area contributed by atoms with Gasteiger partial charge in [-0.2, -0.15) is 0 Å². The van der Waals surface area contributed by atoms with E-state index in [0.29, 0.717) is 24.7 Å². The maximum absolute atomic E-state index is 11.9. The fourth-order valence-electron chi connectivity index (χ4n) is 2.33. The number of cyclic esters (lactones) is 1. The second kappa shape index (κ2) is 6.06. The van der Waals surface area contributed by atoms with Crippen LogP contribution in [-0.4, -0.2) is 19.2 Å². The van der Waals surface area contributed by atoms with Crippen LogP contribution >= 0.6 is 11.6 Å². The predicted octanol–water partition coefficient (Wildman–Crippen LogP) is 3.91. The first kappa shape index (κ1) is 13.8. The summed E-state index contributed by atoms with van der Waals surface area (Å²) >= 11 is 6.09. The third-order valence-electron chi connectivity index (χ3n) is 3.38. The maximum atomic E-state index is 11.9. The van der Waals surface area contributed by atoms with Crippen LogP contribution in [0, 0.1) is 0 Å². The van der Waals surface area contributed by atoms with Gasteiger partial charge in [-0.1, -0.05) is 41.9 Å². The van der Waals surface area contributed by atoms with Gasteiger partial charge in [-0.25, -0.2) is 4.79 Å². The molecule has 0 radical (unpaired) electrons. The molecule has 0 aliphatic carbocycles. The zero-order chi connectivity index (χ0) is 14.7. The van der Waals surface area contributed by atoms with E-state index >= 15 is 0 Å². The van der Waals surface area contributed by atoms with Crippen LogP contribution in [0.3, 0.4) is 0 Å². The van der Waals surface area contributed by atoms with E-state index < -0.39 is 0 Å². The normalized spacial score (nSPS) is 13.6. The van der Waals surface area contributed by atoms with Crippen molar-refractivity contribution in [2.75, 3.05) is 23.3 Å². The molecule has 0 atom stereocenters. The number of nitrogens with zero attached hydrogens (tertiary/aromatic N) is 1. The van der Waals surface area contributed by atoms with Gasteiger partial charge in [0.1, 0.15) is 6.61 Å². The summed E-state index contributed by atoms with van der Waals surface area (Å²) in [6.07, 6.45) is -0.311. The van der Waals surface area contributed by atoms with Crippen molar-refractivity contribution in [3.63, 3.8) is 0 Å². The second-order valence-electron chi connectivity index (χ2n) is 4.74. The lowest BCUT2D eigenvalue weighted by Gasteiger charge is -2.29. The maximum Gasteiger partial charge on any atom is 0.414 e. The minimum Gasteiger partial charge on any atom is -0.444 e. The van der Waals surface area contributed by atoms with Gasteiger partial charge in [0.15, 0.2) is 0 Å². The Morgan fingerprint density at radius 1 is 1.14 bits per heavy atom. The van der Waals surface area contributed by atoms with Crippen molar-refractivity contribution in [1.82, 2.24) is 0 Å². The minimum absolute atomic E-state index is 0.311. The molecule has 1 N–H and O–H groups in total. The highest BCUT2D eigenvalue weighted by molar-refractivity contribution is 6.33. The van der Waals surface area contributed by atoms with Crippen molar-refractivity contribution in [2.24, 2.45) is 0 Å². The Bertz CT molecular complexity index is 660. The molecule has 2 aromatic rings. The van der Waals surface area contributed by atoms with E-state index in [2.05, 4.69) is 5.32 Å². The molecule has 108 valence electrons. The van der Waals surface area contributed by atoms with Gasteiger partial charge in [0, 0.05) is 18.7 Å². The lowest BCUT2D eigenvalue weighted by Crippen LogP contribution is -2.38. The Kier molecular flexibility index (Phi) is 3.97.